The minimum atomic E-state index is -0.342. The molecule has 0 unspecified atom stereocenters. The SMILES string of the molecule is CCN(C)C(=O)CCCOc1ccc2c(c1)CN(CC(=O)OC(C)C)C(N)=N2. The standard InChI is InChI=1S/C20H30N4O4/c1-5-23(4)18(25)7-6-10-27-16-8-9-17-15(11-16)12-24(20(21)22-17)13-19(26)28-14(2)3/h8-9,11,14H,5-7,10,12-13H2,1-4H3,(H2,21,22). The number of hydrogen-bond donors (Lipinski definition) is 1. The van der Waals surface area contributed by atoms with E-state index in [1.807, 2.05) is 25.1 Å². The Bertz CT molecular complexity index is 733. The summed E-state index contributed by atoms with van der Waals surface area (Å²) in [5, 5.41) is 0. The lowest BCUT2D eigenvalue weighted by molar-refractivity contribution is -0.147. The van der Waals surface area contributed by atoms with Gasteiger partial charge in [0.2, 0.25) is 5.91 Å². The lowest BCUT2D eigenvalue weighted by Crippen LogP contribution is -2.42. The highest BCUT2D eigenvalue weighted by molar-refractivity contribution is 5.87. The summed E-state index contributed by atoms with van der Waals surface area (Å²) in [6.45, 7) is 7.21. The van der Waals surface area contributed by atoms with Crippen LogP contribution < -0.4 is 10.5 Å². The Morgan fingerprint density at radius 1 is 1.36 bits per heavy atom. The predicted octanol–water partition coefficient (Wildman–Crippen LogP) is 2.04. The van der Waals surface area contributed by atoms with E-state index in [9.17, 15) is 9.59 Å². The summed E-state index contributed by atoms with van der Waals surface area (Å²) in [5.41, 5.74) is 7.66. The van der Waals surface area contributed by atoms with Crippen molar-refractivity contribution in [3.05, 3.63) is 23.8 Å². The number of ether oxygens (including phenoxy) is 2. The number of esters is 1. The monoisotopic (exact) mass is 390 g/mol. The molecule has 1 heterocycles. The van der Waals surface area contributed by atoms with Crippen LogP contribution >= 0.6 is 0 Å². The number of nitrogens with zero attached hydrogens (tertiary/aromatic N) is 3. The third-order valence-corrected chi connectivity index (χ3v) is 4.36. The Morgan fingerprint density at radius 2 is 2.11 bits per heavy atom. The first kappa shape index (κ1) is 21.5. The lowest BCUT2D eigenvalue weighted by atomic mass is 10.1. The fourth-order valence-corrected chi connectivity index (χ4v) is 2.74. The van der Waals surface area contributed by atoms with Gasteiger partial charge in [0.1, 0.15) is 12.3 Å². The van der Waals surface area contributed by atoms with Crippen LogP contribution in [0.25, 0.3) is 0 Å². The maximum absolute atomic E-state index is 11.9. The van der Waals surface area contributed by atoms with Gasteiger partial charge >= 0.3 is 5.97 Å². The molecule has 2 N–H and O–H groups in total. The normalized spacial score (nSPS) is 13.0. The molecule has 1 aromatic rings. The quantitative estimate of drug-likeness (QED) is 0.512. The molecule has 0 spiro atoms. The minimum absolute atomic E-state index is 0.0467. The van der Waals surface area contributed by atoms with Crippen LogP contribution in [0.4, 0.5) is 5.69 Å². The first-order chi connectivity index (χ1) is 13.3. The Kier molecular flexibility index (Phi) is 7.66. The smallest absolute Gasteiger partial charge is 0.325 e. The molecule has 0 fully saturated rings. The number of carbonyl (C=O) groups excluding carboxylic acids is 2. The summed E-state index contributed by atoms with van der Waals surface area (Å²) in [6.07, 6.45) is 0.937. The van der Waals surface area contributed by atoms with E-state index in [4.69, 9.17) is 15.2 Å². The molecule has 0 bridgehead atoms. The molecule has 0 saturated heterocycles. The van der Waals surface area contributed by atoms with Gasteiger partial charge in [-0.05, 0) is 45.4 Å². The lowest BCUT2D eigenvalue weighted by Gasteiger charge is -2.27. The maximum Gasteiger partial charge on any atom is 0.325 e. The van der Waals surface area contributed by atoms with Crippen molar-refractivity contribution in [2.75, 3.05) is 26.7 Å². The molecular formula is C20H30N4O4. The summed E-state index contributed by atoms with van der Waals surface area (Å²) < 4.78 is 10.9. The van der Waals surface area contributed by atoms with Crippen LogP contribution in [0.1, 0.15) is 39.2 Å². The summed E-state index contributed by atoms with van der Waals surface area (Å²) in [5.74, 6) is 0.770. The fourth-order valence-electron chi connectivity index (χ4n) is 2.74. The van der Waals surface area contributed by atoms with Gasteiger partial charge in [-0.25, -0.2) is 4.99 Å². The summed E-state index contributed by atoms with van der Waals surface area (Å²) in [6, 6.07) is 5.57. The summed E-state index contributed by atoms with van der Waals surface area (Å²) >= 11 is 0. The Labute approximate surface area is 166 Å². The molecule has 0 saturated carbocycles. The largest absolute Gasteiger partial charge is 0.494 e. The number of rotatable bonds is 9. The van der Waals surface area contributed by atoms with Crippen LogP contribution in [-0.2, 0) is 20.9 Å². The predicted molar refractivity (Wildman–Crippen MR) is 107 cm³/mol. The number of aliphatic imine (C=N–C) groups is 1. The van der Waals surface area contributed by atoms with Gasteiger partial charge in [-0.3, -0.25) is 9.59 Å². The van der Waals surface area contributed by atoms with Gasteiger partial charge in [0.15, 0.2) is 5.96 Å². The van der Waals surface area contributed by atoms with Crippen LogP contribution in [0.5, 0.6) is 5.75 Å². The van der Waals surface area contributed by atoms with Crippen molar-refractivity contribution in [2.45, 2.75) is 46.3 Å². The summed E-state index contributed by atoms with van der Waals surface area (Å²) in [7, 11) is 1.79. The number of hydrogen-bond acceptors (Lipinski definition) is 7. The first-order valence-electron chi connectivity index (χ1n) is 9.58. The van der Waals surface area contributed by atoms with Gasteiger partial charge in [-0.15, -0.1) is 0 Å². The molecular weight excluding hydrogens is 360 g/mol. The fraction of sp³-hybridized carbons (Fsp3) is 0.550. The van der Waals surface area contributed by atoms with Crippen LogP contribution in [0.3, 0.4) is 0 Å². The molecule has 0 aromatic heterocycles. The van der Waals surface area contributed by atoms with Crippen molar-refractivity contribution in [3.63, 3.8) is 0 Å². The van der Waals surface area contributed by atoms with Gasteiger partial charge in [0, 0.05) is 32.1 Å². The van der Waals surface area contributed by atoms with E-state index in [1.54, 1.807) is 30.7 Å². The third kappa shape index (κ3) is 6.14. The first-order valence-corrected chi connectivity index (χ1v) is 9.58. The average Bonchev–Trinajstić information content (AvgIpc) is 2.64. The Balaban J connectivity index is 1.91. The second-order valence-corrected chi connectivity index (χ2v) is 7.02. The van der Waals surface area contributed by atoms with E-state index in [2.05, 4.69) is 4.99 Å². The molecule has 154 valence electrons. The average molecular weight is 390 g/mol. The third-order valence-electron chi connectivity index (χ3n) is 4.36. The van der Waals surface area contributed by atoms with Gasteiger partial charge < -0.3 is 25.0 Å². The van der Waals surface area contributed by atoms with E-state index in [-0.39, 0.29) is 24.5 Å². The highest BCUT2D eigenvalue weighted by atomic mass is 16.5. The highest BCUT2D eigenvalue weighted by Gasteiger charge is 2.21. The highest BCUT2D eigenvalue weighted by Crippen LogP contribution is 2.29. The van der Waals surface area contributed by atoms with Crippen molar-refractivity contribution in [3.8, 4) is 5.75 Å². The molecule has 1 aromatic carbocycles. The van der Waals surface area contributed by atoms with Crippen LogP contribution in [0.15, 0.2) is 23.2 Å². The van der Waals surface area contributed by atoms with E-state index < -0.39 is 0 Å². The van der Waals surface area contributed by atoms with Gasteiger partial charge in [-0.1, -0.05) is 0 Å². The molecule has 8 heteroatoms. The maximum atomic E-state index is 11.9. The number of carbonyl (C=O) groups is 2. The second kappa shape index (κ2) is 9.96. The zero-order valence-corrected chi connectivity index (χ0v) is 17.1. The number of nitrogens with two attached hydrogens (primary N) is 1. The zero-order valence-electron chi connectivity index (χ0n) is 17.1. The zero-order chi connectivity index (χ0) is 20.7. The van der Waals surface area contributed by atoms with E-state index in [0.29, 0.717) is 44.2 Å². The molecule has 0 atom stereocenters. The number of amides is 1. The number of fused-ring (bicyclic) bond motifs is 1. The molecule has 28 heavy (non-hydrogen) atoms. The summed E-state index contributed by atoms with van der Waals surface area (Å²) in [4.78, 5) is 31.4. The van der Waals surface area contributed by atoms with E-state index in [1.165, 1.54) is 0 Å². The Morgan fingerprint density at radius 3 is 2.79 bits per heavy atom. The van der Waals surface area contributed by atoms with Crippen molar-refractivity contribution >= 4 is 23.5 Å². The van der Waals surface area contributed by atoms with E-state index >= 15 is 0 Å². The molecule has 8 nitrogen and oxygen atoms in total. The van der Waals surface area contributed by atoms with Crippen molar-refractivity contribution < 1.29 is 19.1 Å². The molecule has 1 aliphatic rings. The topological polar surface area (TPSA) is 97.5 Å². The van der Waals surface area contributed by atoms with Crippen LogP contribution in [0, 0.1) is 0 Å². The van der Waals surface area contributed by atoms with Gasteiger partial charge in [-0.2, -0.15) is 0 Å². The molecule has 0 aliphatic carbocycles. The number of benzene rings is 1. The second-order valence-electron chi connectivity index (χ2n) is 7.02. The van der Waals surface area contributed by atoms with E-state index in [0.717, 1.165) is 11.3 Å². The van der Waals surface area contributed by atoms with Crippen molar-refractivity contribution in [1.29, 1.82) is 0 Å². The molecule has 0 radical (unpaired) electrons. The van der Waals surface area contributed by atoms with Crippen LogP contribution in [-0.4, -0.2) is 60.5 Å². The van der Waals surface area contributed by atoms with Crippen molar-refractivity contribution in [2.24, 2.45) is 10.7 Å². The van der Waals surface area contributed by atoms with Crippen LogP contribution in [0.2, 0.25) is 0 Å². The molecule has 2 rings (SSSR count). The Hall–Kier alpha value is -2.77. The molecule has 1 amide bonds. The van der Waals surface area contributed by atoms with Crippen molar-refractivity contribution in [1.82, 2.24) is 9.80 Å². The number of guanidine groups is 1. The van der Waals surface area contributed by atoms with Gasteiger partial charge in [0.25, 0.3) is 0 Å². The minimum Gasteiger partial charge on any atom is -0.494 e. The molecule has 1 aliphatic heterocycles. The van der Waals surface area contributed by atoms with Gasteiger partial charge in [0.05, 0.1) is 18.4 Å².